The summed E-state index contributed by atoms with van der Waals surface area (Å²) in [6, 6.07) is 3.17. The van der Waals surface area contributed by atoms with Gasteiger partial charge in [-0.05, 0) is 18.2 Å². The first kappa shape index (κ1) is 12.5. The quantitative estimate of drug-likeness (QED) is 0.738. The van der Waals surface area contributed by atoms with Crippen LogP contribution in [0.1, 0.15) is 0 Å². The van der Waals surface area contributed by atoms with E-state index in [0.29, 0.717) is 0 Å². The van der Waals surface area contributed by atoms with E-state index in [2.05, 4.69) is 0 Å². The molecule has 0 saturated carbocycles. The Labute approximate surface area is 86.3 Å². The van der Waals surface area contributed by atoms with Gasteiger partial charge in [-0.1, -0.05) is 11.6 Å². The summed E-state index contributed by atoms with van der Waals surface area (Å²) in [5.74, 6) is -0.160. The largest absolute Gasteiger partial charge is 0.508 e. The molecule has 1 aromatic carbocycles. The van der Waals surface area contributed by atoms with E-state index in [4.69, 9.17) is 21.3 Å². The van der Waals surface area contributed by atoms with Crippen LogP contribution >= 0.6 is 24.0 Å². The second-order valence-electron chi connectivity index (χ2n) is 2.09. The molecular weight excluding hydrogens is 239 g/mol. The van der Waals surface area contributed by atoms with E-state index in [9.17, 15) is 8.42 Å². The van der Waals surface area contributed by atoms with Crippen molar-refractivity contribution in [2.75, 3.05) is 0 Å². The molecule has 0 aromatic heterocycles. The Hall–Kier alpha value is -0.490. The third-order valence-electron chi connectivity index (χ3n) is 1.19. The first-order valence-corrected chi connectivity index (χ1v) is 4.69. The second-order valence-corrected chi connectivity index (χ2v) is 3.89. The number of phenolic OH excluding ortho intramolecular Hbond substituents is 1. The fourth-order valence-electron chi connectivity index (χ4n) is 0.699. The molecule has 0 heterocycles. The Kier molecular flexibility index (Phi) is 3.99. The first-order chi connectivity index (χ1) is 5.41. The lowest BCUT2D eigenvalue weighted by molar-refractivity contribution is 0.473. The van der Waals surface area contributed by atoms with Crippen LogP contribution in [0.4, 0.5) is 0 Å². The molecule has 7 heteroatoms. The van der Waals surface area contributed by atoms with Crippen molar-refractivity contribution in [1.29, 1.82) is 0 Å². The van der Waals surface area contributed by atoms with Gasteiger partial charge in [0.1, 0.15) is 10.6 Å². The summed E-state index contributed by atoms with van der Waals surface area (Å²) >= 11 is 5.41. The average molecular weight is 245 g/mol. The van der Waals surface area contributed by atoms with E-state index in [0.717, 1.165) is 18.2 Å². The van der Waals surface area contributed by atoms with Crippen LogP contribution in [0, 0.1) is 0 Å². The fourth-order valence-corrected chi connectivity index (χ4v) is 1.71. The summed E-state index contributed by atoms with van der Waals surface area (Å²) < 4.78 is 29.7. The number of aromatic hydroxyl groups is 1. The molecule has 0 saturated heterocycles. The first-order valence-electron chi connectivity index (χ1n) is 2.87. The molecule has 0 radical (unpaired) electrons. The summed E-state index contributed by atoms with van der Waals surface area (Å²) in [4.78, 5) is -0.415. The molecule has 0 unspecified atom stereocenters. The molecular formula is C6H6Cl2O4S. The molecule has 1 aromatic rings. The maximum atomic E-state index is 10.6. The lowest BCUT2D eigenvalue weighted by atomic mass is 10.3. The number of hydrogen-bond donors (Lipinski definition) is 2. The van der Waals surface area contributed by atoms with Crippen molar-refractivity contribution in [3.8, 4) is 5.75 Å². The molecule has 0 fully saturated rings. The molecule has 4 nitrogen and oxygen atoms in total. The van der Waals surface area contributed by atoms with Gasteiger partial charge in [0.15, 0.2) is 0 Å². The molecule has 2 N–H and O–H groups in total. The van der Waals surface area contributed by atoms with Gasteiger partial charge >= 0.3 is 0 Å². The molecule has 0 aliphatic rings. The van der Waals surface area contributed by atoms with Gasteiger partial charge in [0.2, 0.25) is 0 Å². The lowest BCUT2D eigenvalue weighted by Crippen LogP contribution is -1.98. The summed E-state index contributed by atoms with van der Waals surface area (Å²) in [6.07, 6.45) is 0. The molecule has 0 bridgehead atoms. The van der Waals surface area contributed by atoms with Crippen LogP contribution in [-0.2, 0) is 10.1 Å². The van der Waals surface area contributed by atoms with Crippen LogP contribution in [0.5, 0.6) is 5.75 Å². The topological polar surface area (TPSA) is 74.6 Å². The number of rotatable bonds is 1. The van der Waals surface area contributed by atoms with Crippen molar-refractivity contribution in [1.82, 2.24) is 0 Å². The van der Waals surface area contributed by atoms with E-state index in [1.807, 2.05) is 0 Å². The number of halogens is 2. The van der Waals surface area contributed by atoms with Gasteiger partial charge in [0.05, 0.1) is 5.02 Å². The van der Waals surface area contributed by atoms with E-state index in [1.165, 1.54) is 0 Å². The van der Waals surface area contributed by atoms with Crippen molar-refractivity contribution in [2.24, 2.45) is 0 Å². The summed E-state index contributed by atoms with van der Waals surface area (Å²) in [7, 11) is -4.29. The van der Waals surface area contributed by atoms with E-state index in [1.54, 1.807) is 0 Å². The van der Waals surface area contributed by atoms with Crippen molar-refractivity contribution in [2.45, 2.75) is 4.90 Å². The van der Waals surface area contributed by atoms with Crippen LogP contribution in [0.3, 0.4) is 0 Å². The molecule has 1 rings (SSSR count). The Morgan fingerprint density at radius 3 is 2.23 bits per heavy atom. The minimum absolute atomic E-state index is 0. The van der Waals surface area contributed by atoms with Gasteiger partial charge in [0.25, 0.3) is 10.1 Å². The van der Waals surface area contributed by atoms with Gasteiger partial charge in [-0.25, -0.2) is 0 Å². The van der Waals surface area contributed by atoms with Gasteiger partial charge in [-0.2, -0.15) is 8.42 Å². The highest BCUT2D eigenvalue weighted by Gasteiger charge is 2.13. The van der Waals surface area contributed by atoms with Gasteiger partial charge in [0, 0.05) is 0 Å². The predicted octanol–water partition coefficient (Wildman–Crippen LogP) is 1.71. The Morgan fingerprint density at radius 2 is 1.85 bits per heavy atom. The normalized spacial score (nSPS) is 10.6. The Bertz CT molecular complexity index is 401. The third kappa shape index (κ3) is 3.04. The highest BCUT2D eigenvalue weighted by molar-refractivity contribution is 7.86. The minimum Gasteiger partial charge on any atom is -0.508 e. The van der Waals surface area contributed by atoms with E-state index >= 15 is 0 Å². The van der Waals surface area contributed by atoms with Crippen molar-refractivity contribution < 1.29 is 18.1 Å². The SMILES string of the molecule is Cl.O=S(=O)(O)c1ccc(O)cc1Cl. The van der Waals surface area contributed by atoms with Crippen LogP contribution in [0.25, 0.3) is 0 Å². The van der Waals surface area contributed by atoms with E-state index < -0.39 is 15.0 Å². The molecule has 74 valence electrons. The third-order valence-corrected chi connectivity index (χ3v) is 2.53. The monoisotopic (exact) mass is 244 g/mol. The molecule has 13 heavy (non-hydrogen) atoms. The molecule has 0 spiro atoms. The van der Waals surface area contributed by atoms with Crippen molar-refractivity contribution in [3.05, 3.63) is 23.2 Å². The van der Waals surface area contributed by atoms with Crippen LogP contribution < -0.4 is 0 Å². The van der Waals surface area contributed by atoms with Crippen molar-refractivity contribution in [3.63, 3.8) is 0 Å². The highest BCUT2D eigenvalue weighted by atomic mass is 35.5. The molecule has 0 aliphatic carbocycles. The minimum atomic E-state index is -4.29. The summed E-state index contributed by atoms with van der Waals surface area (Å²) in [5, 5.41) is 8.63. The zero-order valence-electron chi connectivity index (χ0n) is 6.14. The van der Waals surface area contributed by atoms with Crippen LogP contribution in [0.15, 0.2) is 23.1 Å². The summed E-state index contributed by atoms with van der Waals surface area (Å²) in [6.45, 7) is 0. The van der Waals surface area contributed by atoms with E-state index in [-0.39, 0.29) is 23.2 Å². The smallest absolute Gasteiger partial charge is 0.296 e. The highest BCUT2D eigenvalue weighted by Crippen LogP contribution is 2.24. The zero-order valence-corrected chi connectivity index (χ0v) is 8.53. The fraction of sp³-hybridized carbons (Fsp3) is 0. The predicted molar refractivity (Wildman–Crippen MR) is 50.2 cm³/mol. The number of benzene rings is 1. The Balaban J connectivity index is 0.00000144. The van der Waals surface area contributed by atoms with Gasteiger partial charge < -0.3 is 5.11 Å². The van der Waals surface area contributed by atoms with Crippen molar-refractivity contribution >= 4 is 34.1 Å². The average Bonchev–Trinajstić information content (AvgIpc) is 1.83. The van der Waals surface area contributed by atoms with Crippen LogP contribution in [-0.4, -0.2) is 18.1 Å². The molecule has 0 amide bonds. The summed E-state index contributed by atoms with van der Waals surface area (Å²) in [5.41, 5.74) is 0. The van der Waals surface area contributed by atoms with Gasteiger partial charge in [-0.3, -0.25) is 4.55 Å². The number of phenols is 1. The lowest BCUT2D eigenvalue weighted by Gasteiger charge is -1.99. The second kappa shape index (κ2) is 4.15. The maximum Gasteiger partial charge on any atom is 0.296 e. The maximum absolute atomic E-state index is 10.6. The number of hydrogen-bond acceptors (Lipinski definition) is 3. The molecule has 0 aliphatic heterocycles. The Morgan fingerprint density at radius 1 is 1.31 bits per heavy atom. The molecule has 0 atom stereocenters. The van der Waals surface area contributed by atoms with Crippen LogP contribution in [0.2, 0.25) is 5.02 Å². The zero-order chi connectivity index (χ0) is 9.35. The standard InChI is InChI=1S/C6H5ClO4S.ClH/c7-5-3-4(8)1-2-6(5)12(9,10)11;/h1-3,8H,(H,9,10,11);1H. The van der Waals surface area contributed by atoms with Gasteiger partial charge in [-0.15, -0.1) is 12.4 Å².